The highest BCUT2D eigenvalue weighted by molar-refractivity contribution is 7.81. The predicted molar refractivity (Wildman–Crippen MR) is 274 cm³/mol. The van der Waals surface area contributed by atoms with Crippen molar-refractivity contribution in [3.63, 3.8) is 0 Å². The lowest BCUT2D eigenvalue weighted by molar-refractivity contribution is -0.145. The Bertz CT molecular complexity index is 2320. The standard InChI is InChI=1S/C47H67N13O10S2/c1-26(2)39(59-41(64)32(54-38(62)23-50-3)10-7-16-52-47(48)49)44(67)56-34(18-28-11-13-30(61)14-12-28)42(65)55-33(15-17-71)40(63)57-35(20-29-22-51-25-53-29)45(68)60-24-31(72)21-37(60)43(66)58-36(46(69)70)19-27-8-5-4-6-9-27/h4-6,8-9,11-14,22,25-26,31-37,39,50,61,71-72H,7,10,15-21,23-24H2,1-3H3,(H,51,53)(H,54,62)(H,55,65)(H,56,67)(H,57,63)(H,58,66)(H,59,64)(H,69,70)(H4,48,49,52)/t31-,32+,33+,34+,35+,36+,37+,39+/m1/s1. The largest absolute Gasteiger partial charge is 0.508 e. The monoisotopic (exact) mass is 1040 g/mol. The van der Waals surface area contributed by atoms with E-state index in [0.29, 0.717) is 23.2 Å². The third-order valence-electron chi connectivity index (χ3n) is 11.6. The number of hydrogen-bond acceptors (Lipinski definition) is 14. The van der Waals surface area contributed by atoms with Crippen molar-refractivity contribution in [3.8, 4) is 5.75 Å². The van der Waals surface area contributed by atoms with Gasteiger partial charge in [-0.3, -0.25) is 38.6 Å². The number of rotatable bonds is 28. The first kappa shape index (κ1) is 57.7. The molecule has 23 nitrogen and oxygen atoms in total. The van der Waals surface area contributed by atoms with Crippen LogP contribution in [0.3, 0.4) is 0 Å². The summed E-state index contributed by atoms with van der Waals surface area (Å²) in [5, 5.41) is 38.3. The molecule has 1 saturated heterocycles. The number of carboxylic acids is 1. The van der Waals surface area contributed by atoms with Gasteiger partial charge in [-0.2, -0.15) is 25.3 Å². The van der Waals surface area contributed by atoms with Crippen molar-refractivity contribution in [2.24, 2.45) is 22.4 Å². The molecule has 1 aliphatic heterocycles. The summed E-state index contributed by atoms with van der Waals surface area (Å²) in [7, 11) is 1.56. The minimum absolute atomic E-state index is 0.00980. The smallest absolute Gasteiger partial charge is 0.326 e. The van der Waals surface area contributed by atoms with Gasteiger partial charge in [-0.25, -0.2) is 9.78 Å². The Morgan fingerprint density at radius 1 is 0.792 bits per heavy atom. The van der Waals surface area contributed by atoms with Crippen molar-refractivity contribution < 1.29 is 48.6 Å². The van der Waals surface area contributed by atoms with Crippen LogP contribution in [0.2, 0.25) is 0 Å². The zero-order valence-corrected chi connectivity index (χ0v) is 42.2. The van der Waals surface area contributed by atoms with E-state index in [1.807, 2.05) is 0 Å². The number of nitrogens with two attached hydrogens (primary N) is 2. The Kier molecular flexibility index (Phi) is 23.1. The number of benzene rings is 2. The Labute approximate surface area is 428 Å². The summed E-state index contributed by atoms with van der Waals surface area (Å²) in [5.41, 5.74) is 12.5. The number of likely N-dealkylation sites (tertiary alicyclic amines) is 1. The van der Waals surface area contributed by atoms with Gasteiger partial charge in [-0.1, -0.05) is 56.3 Å². The van der Waals surface area contributed by atoms with Crippen LogP contribution in [0.25, 0.3) is 0 Å². The second-order valence-corrected chi connectivity index (χ2v) is 18.8. The minimum Gasteiger partial charge on any atom is -0.508 e. The van der Waals surface area contributed by atoms with E-state index in [9.17, 15) is 48.6 Å². The van der Waals surface area contributed by atoms with Crippen molar-refractivity contribution in [2.75, 3.05) is 32.4 Å². The third kappa shape index (κ3) is 18.4. The van der Waals surface area contributed by atoms with Gasteiger partial charge in [0.15, 0.2) is 5.96 Å². The van der Waals surface area contributed by atoms with E-state index >= 15 is 0 Å². The van der Waals surface area contributed by atoms with Gasteiger partial charge in [0, 0.05) is 49.5 Å². The van der Waals surface area contributed by atoms with Crippen LogP contribution in [0.1, 0.15) is 56.4 Å². The molecule has 0 unspecified atom stereocenters. The van der Waals surface area contributed by atoms with E-state index in [1.54, 1.807) is 63.4 Å². The average Bonchev–Trinajstić information content (AvgIpc) is 4.01. The molecule has 25 heteroatoms. The first-order chi connectivity index (χ1) is 34.3. The number of imidazole rings is 1. The number of carbonyl (C=O) groups is 8. The highest BCUT2D eigenvalue weighted by Gasteiger charge is 2.43. The molecule has 2 heterocycles. The molecular weight excluding hydrogens is 971 g/mol. The Morgan fingerprint density at radius 2 is 1.40 bits per heavy atom. The Balaban J connectivity index is 1.57. The predicted octanol–water partition coefficient (Wildman–Crippen LogP) is -1.72. The normalized spacial score (nSPS) is 16.7. The lowest BCUT2D eigenvalue weighted by Crippen LogP contribution is -2.61. The fourth-order valence-electron chi connectivity index (χ4n) is 7.89. The molecular formula is C47H67N13O10S2. The van der Waals surface area contributed by atoms with Gasteiger partial charge in [0.05, 0.1) is 12.9 Å². The number of hydrogen-bond donors (Lipinski definition) is 14. The van der Waals surface area contributed by atoms with Gasteiger partial charge >= 0.3 is 5.97 Å². The lowest BCUT2D eigenvalue weighted by Gasteiger charge is -2.31. The molecule has 1 fully saturated rings. The Morgan fingerprint density at radius 3 is 2.01 bits per heavy atom. The van der Waals surface area contributed by atoms with Crippen LogP contribution in [0.5, 0.6) is 5.75 Å². The van der Waals surface area contributed by atoms with Crippen LogP contribution in [0, 0.1) is 5.92 Å². The SMILES string of the molecule is CNCC(=O)N[C@@H](CCCN=C(N)N)C(=O)N[C@H](C(=O)N[C@@H](Cc1ccc(O)cc1)C(=O)N[C@@H](CCS)C(=O)N[C@@H](Cc1cnc[nH]1)C(=O)N1C[C@H](S)C[C@H]1C(=O)N[C@@H](Cc1ccccc1)C(=O)O)C(C)C. The number of guanidine groups is 1. The molecule has 0 radical (unpaired) electrons. The van der Waals surface area contributed by atoms with Crippen molar-refractivity contribution in [3.05, 3.63) is 83.9 Å². The molecule has 392 valence electrons. The fraction of sp³-hybridized carbons (Fsp3) is 0.489. The van der Waals surface area contributed by atoms with E-state index in [1.165, 1.54) is 29.6 Å². The van der Waals surface area contributed by atoms with Crippen molar-refractivity contribution >= 4 is 78.5 Å². The number of amides is 7. The van der Waals surface area contributed by atoms with E-state index < -0.39 is 101 Å². The maximum absolute atomic E-state index is 14.6. The number of aromatic amines is 1. The highest BCUT2D eigenvalue weighted by Crippen LogP contribution is 2.24. The zero-order chi connectivity index (χ0) is 52.9. The highest BCUT2D eigenvalue weighted by atomic mass is 32.1. The van der Waals surface area contributed by atoms with Crippen molar-refractivity contribution in [1.82, 2.24) is 52.1 Å². The van der Waals surface area contributed by atoms with Crippen LogP contribution in [-0.2, 0) is 57.6 Å². The van der Waals surface area contributed by atoms with Crippen LogP contribution in [0.15, 0.2) is 72.1 Å². The number of nitrogens with one attached hydrogen (secondary N) is 8. The number of likely N-dealkylation sites (N-methyl/N-ethyl adjacent to an activating group) is 1. The van der Waals surface area contributed by atoms with Gasteiger partial charge in [-0.15, -0.1) is 0 Å². The van der Waals surface area contributed by atoms with Gasteiger partial charge in [0.2, 0.25) is 41.4 Å². The number of aliphatic carboxylic acids is 1. The second kappa shape index (κ2) is 28.9. The van der Waals surface area contributed by atoms with Gasteiger partial charge in [0.1, 0.15) is 48.0 Å². The quantitative estimate of drug-likeness (QED) is 0.0167. The first-order valence-electron chi connectivity index (χ1n) is 23.4. The molecule has 0 bridgehead atoms. The number of thiol groups is 2. The number of carbonyl (C=O) groups excluding carboxylic acids is 7. The lowest BCUT2D eigenvalue weighted by atomic mass is 9.99. The first-order valence-corrected chi connectivity index (χ1v) is 24.6. The van der Waals surface area contributed by atoms with E-state index in [0.717, 1.165) is 0 Å². The maximum Gasteiger partial charge on any atom is 0.326 e. The second-order valence-electron chi connectivity index (χ2n) is 17.7. The van der Waals surface area contributed by atoms with Crippen molar-refractivity contribution in [2.45, 2.75) is 106 Å². The molecule has 1 aromatic heterocycles. The molecule has 0 aliphatic carbocycles. The molecule has 2 aromatic carbocycles. The molecule has 0 spiro atoms. The minimum atomic E-state index is -1.38. The molecule has 7 amide bonds. The molecule has 8 atom stereocenters. The van der Waals surface area contributed by atoms with Crippen LogP contribution >= 0.6 is 25.3 Å². The summed E-state index contributed by atoms with van der Waals surface area (Å²) < 4.78 is 0. The van der Waals surface area contributed by atoms with Crippen LogP contribution in [0.4, 0.5) is 0 Å². The average molecular weight is 1040 g/mol. The number of aromatic hydroxyl groups is 1. The van der Waals surface area contributed by atoms with Crippen molar-refractivity contribution in [1.29, 1.82) is 0 Å². The fourth-order valence-corrected chi connectivity index (χ4v) is 8.52. The number of aromatic nitrogens is 2. The summed E-state index contributed by atoms with van der Waals surface area (Å²) in [6.07, 6.45) is 3.01. The van der Waals surface area contributed by atoms with Gasteiger partial charge in [0.25, 0.3) is 0 Å². The number of nitrogens with zero attached hydrogens (tertiary/aromatic N) is 3. The summed E-state index contributed by atoms with van der Waals surface area (Å²) in [6, 6.07) is 5.78. The van der Waals surface area contributed by atoms with E-state index in [2.05, 4.69) is 77.4 Å². The topological polar surface area (TPSA) is 358 Å². The molecule has 14 N–H and O–H groups in total. The number of aliphatic imine (C=N–C) groups is 1. The molecule has 4 rings (SSSR count). The maximum atomic E-state index is 14.6. The van der Waals surface area contributed by atoms with Crippen LogP contribution < -0.4 is 48.7 Å². The molecule has 0 saturated carbocycles. The number of phenols is 1. The van der Waals surface area contributed by atoms with Crippen LogP contribution in [-0.4, -0.2) is 158 Å². The zero-order valence-electron chi connectivity index (χ0n) is 40.4. The van der Waals surface area contributed by atoms with Gasteiger partial charge < -0.3 is 68.8 Å². The summed E-state index contributed by atoms with van der Waals surface area (Å²) >= 11 is 8.90. The number of phenolic OH excluding ortho intramolecular Hbond substituents is 1. The van der Waals surface area contributed by atoms with E-state index in [-0.39, 0.29) is 75.6 Å². The summed E-state index contributed by atoms with van der Waals surface area (Å²) in [5.74, 6) is -6.88. The molecule has 3 aromatic rings. The van der Waals surface area contributed by atoms with Gasteiger partial charge in [-0.05, 0) is 67.7 Å². The summed E-state index contributed by atoms with van der Waals surface area (Å²) in [6.45, 7) is 3.42. The Hall–Kier alpha value is -6.86. The molecule has 72 heavy (non-hydrogen) atoms. The van der Waals surface area contributed by atoms with E-state index in [4.69, 9.17) is 11.5 Å². The number of carboxylic acid groups (broad SMARTS) is 1. The summed E-state index contributed by atoms with van der Waals surface area (Å²) in [4.78, 5) is 122. The third-order valence-corrected chi connectivity index (χ3v) is 12.2. The molecule has 1 aliphatic rings. The number of H-pyrrole nitrogens is 1.